The number of amides is 1. The summed E-state index contributed by atoms with van der Waals surface area (Å²) in [5, 5.41) is 11.7. The number of ether oxygens (including phenoxy) is 2. The number of nitrogens with one attached hydrogen (secondary N) is 1. The van der Waals surface area contributed by atoms with E-state index in [4.69, 9.17) is 9.47 Å². The Morgan fingerprint density at radius 1 is 1.25 bits per heavy atom. The van der Waals surface area contributed by atoms with Gasteiger partial charge >= 0.3 is 0 Å². The average Bonchev–Trinajstić information content (AvgIpc) is 2.87. The van der Waals surface area contributed by atoms with Crippen molar-refractivity contribution in [3.8, 4) is 5.75 Å². The van der Waals surface area contributed by atoms with Crippen LogP contribution >= 0.6 is 11.3 Å². The summed E-state index contributed by atoms with van der Waals surface area (Å²) in [7, 11) is 3.19. The largest absolute Gasteiger partial charge is 0.497 e. The van der Waals surface area contributed by atoms with Crippen LogP contribution in [0.4, 0.5) is 5.13 Å². The highest BCUT2D eigenvalue weighted by molar-refractivity contribution is 7.15. The van der Waals surface area contributed by atoms with Crippen LogP contribution in [0, 0.1) is 0 Å². The summed E-state index contributed by atoms with van der Waals surface area (Å²) in [4.78, 5) is 11.9. The minimum Gasteiger partial charge on any atom is -0.497 e. The van der Waals surface area contributed by atoms with Crippen LogP contribution in [0.2, 0.25) is 0 Å². The van der Waals surface area contributed by atoms with Crippen LogP contribution in [0.3, 0.4) is 0 Å². The third kappa shape index (κ3) is 4.01. The van der Waals surface area contributed by atoms with E-state index in [1.54, 1.807) is 14.2 Å². The Hall–Kier alpha value is -1.99. The second kappa shape index (κ2) is 6.97. The van der Waals surface area contributed by atoms with E-state index in [9.17, 15) is 4.79 Å². The molecule has 0 aliphatic carbocycles. The first-order valence-electron chi connectivity index (χ1n) is 5.95. The molecule has 1 amide bonds. The van der Waals surface area contributed by atoms with E-state index in [1.807, 2.05) is 24.3 Å². The summed E-state index contributed by atoms with van der Waals surface area (Å²) in [6.45, 7) is 0.395. The minimum atomic E-state index is -0.129. The van der Waals surface area contributed by atoms with Gasteiger partial charge in [0.05, 0.1) is 13.5 Å². The Balaban J connectivity index is 1.90. The third-order valence-electron chi connectivity index (χ3n) is 2.50. The molecular weight excluding hydrogens is 278 g/mol. The van der Waals surface area contributed by atoms with E-state index in [1.165, 1.54) is 11.3 Å². The Bertz CT molecular complexity index is 568. The van der Waals surface area contributed by atoms with E-state index in [0.717, 1.165) is 16.3 Å². The van der Waals surface area contributed by atoms with Crippen LogP contribution in [0.15, 0.2) is 24.3 Å². The van der Waals surface area contributed by atoms with Gasteiger partial charge in [-0.05, 0) is 17.7 Å². The van der Waals surface area contributed by atoms with Gasteiger partial charge in [-0.3, -0.25) is 4.79 Å². The zero-order valence-corrected chi connectivity index (χ0v) is 12.1. The Labute approximate surface area is 120 Å². The van der Waals surface area contributed by atoms with Crippen LogP contribution in [0.1, 0.15) is 10.6 Å². The van der Waals surface area contributed by atoms with Gasteiger partial charge in [0.1, 0.15) is 17.4 Å². The summed E-state index contributed by atoms with van der Waals surface area (Å²) >= 11 is 1.30. The van der Waals surface area contributed by atoms with Crippen LogP contribution in [-0.4, -0.2) is 30.3 Å². The van der Waals surface area contributed by atoms with E-state index in [-0.39, 0.29) is 12.3 Å². The second-order valence-corrected chi connectivity index (χ2v) is 5.07. The van der Waals surface area contributed by atoms with E-state index in [0.29, 0.717) is 11.7 Å². The Morgan fingerprint density at radius 3 is 2.65 bits per heavy atom. The maximum absolute atomic E-state index is 11.9. The predicted octanol–water partition coefficient (Wildman–Crippen LogP) is 1.87. The molecule has 0 saturated carbocycles. The molecule has 7 heteroatoms. The monoisotopic (exact) mass is 293 g/mol. The molecule has 0 radical (unpaired) electrons. The number of rotatable bonds is 6. The zero-order valence-electron chi connectivity index (χ0n) is 11.3. The van der Waals surface area contributed by atoms with Crippen LogP contribution < -0.4 is 10.1 Å². The van der Waals surface area contributed by atoms with Gasteiger partial charge in [0.15, 0.2) is 0 Å². The standard InChI is InChI=1S/C13H15N3O3S/c1-18-8-12-15-16-13(20-12)14-11(17)7-9-3-5-10(19-2)6-4-9/h3-6H,7-8H2,1-2H3,(H,14,16,17). The number of hydrogen-bond acceptors (Lipinski definition) is 6. The maximum Gasteiger partial charge on any atom is 0.230 e. The number of nitrogens with zero attached hydrogens (tertiary/aromatic N) is 2. The van der Waals surface area contributed by atoms with Crippen molar-refractivity contribution in [1.82, 2.24) is 10.2 Å². The topological polar surface area (TPSA) is 73.3 Å². The average molecular weight is 293 g/mol. The SMILES string of the molecule is COCc1nnc(NC(=O)Cc2ccc(OC)cc2)s1. The van der Waals surface area contributed by atoms with Crippen LogP contribution in [-0.2, 0) is 22.6 Å². The van der Waals surface area contributed by atoms with Gasteiger partial charge in [-0.25, -0.2) is 0 Å². The predicted molar refractivity (Wildman–Crippen MR) is 75.9 cm³/mol. The van der Waals surface area contributed by atoms with Gasteiger partial charge in [0.2, 0.25) is 11.0 Å². The van der Waals surface area contributed by atoms with Crippen molar-refractivity contribution in [3.63, 3.8) is 0 Å². The molecule has 0 atom stereocenters. The fourth-order valence-corrected chi connectivity index (χ4v) is 2.31. The number of hydrogen-bond donors (Lipinski definition) is 1. The highest BCUT2D eigenvalue weighted by Crippen LogP contribution is 2.16. The Kier molecular flexibility index (Phi) is 5.03. The highest BCUT2D eigenvalue weighted by Gasteiger charge is 2.09. The van der Waals surface area contributed by atoms with Gasteiger partial charge < -0.3 is 14.8 Å². The summed E-state index contributed by atoms with van der Waals surface area (Å²) < 4.78 is 10.0. The highest BCUT2D eigenvalue weighted by atomic mass is 32.1. The first kappa shape index (κ1) is 14.4. The fraction of sp³-hybridized carbons (Fsp3) is 0.308. The molecule has 1 aromatic carbocycles. The van der Waals surface area contributed by atoms with Crippen molar-refractivity contribution < 1.29 is 14.3 Å². The normalized spacial score (nSPS) is 10.3. The van der Waals surface area contributed by atoms with Crippen molar-refractivity contribution in [3.05, 3.63) is 34.8 Å². The molecule has 0 spiro atoms. The van der Waals surface area contributed by atoms with Crippen molar-refractivity contribution in [2.75, 3.05) is 19.5 Å². The van der Waals surface area contributed by atoms with E-state index < -0.39 is 0 Å². The molecule has 20 heavy (non-hydrogen) atoms. The molecule has 0 fully saturated rings. The number of benzene rings is 1. The van der Waals surface area contributed by atoms with E-state index >= 15 is 0 Å². The number of carbonyl (C=O) groups excluding carboxylic acids is 1. The van der Waals surface area contributed by atoms with Crippen LogP contribution in [0.5, 0.6) is 5.75 Å². The lowest BCUT2D eigenvalue weighted by molar-refractivity contribution is -0.115. The molecule has 0 aliphatic heterocycles. The molecule has 6 nitrogen and oxygen atoms in total. The first-order valence-corrected chi connectivity index (χ1v) is 6.77. The Morgan fingerprint density at radius 2 is 2.00 bits per heavy atom. The molecule has 0 unspecified atom stereocenters. The molecule has 0 saturated heterocycles. The maximum atomic E-state index is 11.9. The first-order chi connectivity index (χ1) is 9.71. The molecular formula is C13H15N3O3S. The van der Waals surface area contributed by atoms with Gasteiger partial charge in [-0.2, -0.15) is 0 Å². The number of anilines is 1. The molecule has 1 heterocycles. The van der Waals surface area contributed by atoms with Gasteiger partial charge in [0.25, 0.3) is 0 Å². The van der Waals surface area contributed by atoms with Gasteiger partial charge in [-0.1, -0.05) is 23.5 Å². The molecule has 1 N–H and O–H groups in total. The fourth-order valence-electron chi connectivity index (χ4n) is 1.58. The van der Waals surface area contributed by atoms with E-state index in [2.05, 4.69) is 15.5 Å². The van der Waals surface area contributed by atoms with Crippen molar-refractivity contribution in [2.45, 2.75) is 13.0 Å². The third-order valence-corrected chi connectivity index (χ3v) is 3.32. The van der Waals surface area contributed by atoms with Crippen molar-refractivity contribution in [2.24, 2.45) is 0 Å². The lowest BCUT2D eigenvalue weighted by atomic mass is 10.1. The molecule has 2 aromatic rings. The minimum absolute atomic E-state index is 0.129. The zero-order chi connectivity index (χ0) is 14.4. The quantitative estimate of drug-likeness (QED) is 0.880. The second-order valence-electron chi connectivity index (χ2n) is 4.01. The van der Waals surface area contributed by atoms with Crippen LogP contribution in [0.25, 0.3) is 0 Å². The number of carbonyl (C=O) groups is 1. The van der Waals surface area contributed by atoms with Crippen molar-refractivity contribution in [1.29, 1.82) is 0 Å². The van der Waals surface area contributed by atoms with Crippen molar-refractivity contribution >= 4 is 22.4 Å². The molecule has 0 bridgehead atoms. The molecule has 2 rings (SSSR count). The lowest BCUT2D eigenvalue weighted by Gasteiger charge is -2.03. The summed E-state index contributed by atoms with van der Waals surface area (Å²) in [5.74, 6) is 0.637. The lowest BCUT2D eigenvalue weighted by Crippen LogP contribution is -2.14. The summed E-state index contributed by atoms with van der Waals surface area (Å²) in [5.41, 5.74) is 0.907. The number of aromatic nitrogens is 2. The van der Waals surface area contributed by atoms with Gasteiger partial charge in [0, 0.05) is 7.11 Å². The smallest absolute Gasteiger partial charge is 0.230 e. The molecule has 1 aromatic heterocycles. The summed E-state index contributed by atoms with van der Waals surface area (Å²) in [6, 6.07) is 7.36. The van der Waals surface area contributed by atoms with Gasteiger partial charge in [-0.15, -0.1) is 10.2 Å². The molecule has 0 aliphatic rings. The number of methoxy groups -OCH3 is 2. The molecule has 106 valence electrons. The summed E-state index contributed by atoms with van der Waals surface area (Å²) in [6.07, 6.45) is 0.281.